The van der Waals surface area contributed by atoms with E-state index in [0.717, 1.165) is 22.6 Å². The third-order valence-electron chi connectivity index (χ3n) is 3.66. The molecule has 0 atom stereocenters. The van der Waals surface area contributed by atoms with Gasteiger partial charge in [0, 0.05) is 19.0 Å². The van der Waals surface area contributed by atoms with Crippen molar-refractivity contribution in [2.24, 2.45) is 0 Å². The Morgan fingerprint density at radius 3 is 2.48 bits per heavy atom. The Bertz CT molecular complexity index is 807. The van der Waals surface area contributed by atoms with E-state index in [9.17, 15) is 0 Å². The van der Waals surface area contributed by atoms with E-state index in [1.807, 2.05) is 32.2 Å². The van der Waals surface area contributed by atoms with Crippen molar-refractivity contribution in [1.29, 1.82) is 0 Å². The molecular weight excluding hydrogens is 292 g/mol. The molecule has 0 N–H and O–H groups in total. The molecule has 0 unspecified atom stereocenters. The fourth-order valence-electron chi connectivity index (χ4n) is 2.45. The minimum Gasteiger partial charge on any atom is -0.441 e. The SMILES string of the molecule is Cc1nnc(CN(C)Cc2nc(-c3ccccc3C)oc2C)o1. The van der Waals surface area contributed by atoms with E-state index in [1.165, 1.54) is 0 Å². The van der Waals surface area contributed by atoms with Crippen molar-refractivity contribution in [2.75, 3.05) is 7.05 Å². The molecule has 3 aromatic rings. The van der Waals surface area contributed by atoms with Crippen molar-refractivity contribution in [2.45, 2.75) is 33.9 Å². The van der Waals surface area contributed by atoms with Crippen LogP contribution in [0.1, 0.15) is 28.8 Å². The molecule has 3 rings (SSSR count). The Morgan fingerprint density at radius 1 is 1.00 bits per heavy atom. The first kappa shape index (κ1) is 15.4. The lowest BCUT2D eigenvalue weighted by molar-refractivity contribution is 0.275. The van der Waals surface area contributed by atoms with Crippen LogP contribution in [-0.4, -0.2) is 27.1 Å². The summed E-state index contributed by atoms with van der Waals surface area (Å²) in [5.41, 5.74) is 3.09. The number of aryl methyl sites for hydroxylation is 3. The lowest BCUT2D eigenvalue weighted by Crippen LogP contribution is -2.18. The van der Waals surface area contributed by atoms with Gasteiger partial charge in [-0.05, 0) is 32.5 Å². The number of rotatable bonds is 5. The van der Waals surface area contributed by atoms with Crippen LogP contribution in [-0.2, 0) is 13.1 Å². The van der Waals surface area contributed by atoms with Gasteiger partial charge < -0.3 is 8.83 Å². The number of nitrogens with zero attached hydrogens (tertiary/aromatic N) is 4. The van der Waals surface area contributed by atoms with Crippen LogP contribution in [0, 0.1) is 20.8 Å². The maximum atomic E-state index is 5.85. The second-order valence-electron chi connectivity index (χ2n) is 5.72. The number of aromatic nitrogens is 3. The fourth-order valence-corrected chi connectivity index (χ4v) is 2.45. The Morgan fingerprint density at radius 2 is 1.78 bits per heavy atom. The molecule has 6 heteroatoms. The molecule has 2 heterocycles. The number of hydrogen-bond acceptors (Lipinski definition) is 6. The normalized spacial score (nSPS) is 11.3. The molecule has 0 bridgehead atoms. The molecule has 1 aromatic carbocycles. The van der Waals surface area contributed by atoms with Crippen LogP contribution in [0.5, 0.6) is 0 Å². The maximum Gasteiger partial charge on any atom is 0.230 e. The van der Waals surface area contributed by atoms with Gasteiger partial charge >= 0.3 is 0 Å². The van der Waals surface area contributed by atoms with Gasteiger partial charge in [0.25, 0.3) is 0 Å². The molecule has 0 aliphatic rings. The molecule has 0 fully saturated rings. The molecular formula is C17H20N4O2. The standard InChI is InChI=1S/C17H20N4O2/c1-11-7-5-6-8-14(11)17-18-15(12(2)22-17)9-21(4)10-16-20-19-13(3)23-16/h5-8H,9-10H2,1-4H3. The van der Waals surface area contributed by atoms with Crippen LogP contribution < -0.4 is 0 Å². The molecule has 0 saturated heterocycles. The highest BCUT2D eigenvalue weighted by molar-refractivity contribution is 5.58. The Balaban J connectivity index is 1.75. The van der Waals surface area contributed by atoms with Gasteiger partial charge in [0.05, 0.1) is 12.2 Å². The first-order chi connectivity index (χ1) is 11.0. The first-order valence-electron chi connectivity index (χ1n) is 7.53. The largest absolute Gasteiger partial charge is 0.441 e. The summed E-state index contributed by atoms with van der Waals surface area (Å²) in [6, 6.07) is 8.08. The minimum absolute atomic E-state index is 0.576. The zero-order valence-electron chi connectivity index (χ0n) is 13.8. The quantitative estimate of drug-likeness (QED) is 0.720. The average molecular weight is 312 g/mol. The molecule has 0 aliphatic heterocycles. The van der Waals surface area contributed by atoms with Gasteiger partial charge in [-0.15, -0.1) is 10.2 Å². The minimum atomic E-state index is 0.576. The average Bonchev–Trinajstić information content (AvgIpc) is 3.06. The van der Waals surface area contributed by atoms with Gasteiger partial charge in [0.15, 0.2) is 0 Å². The Hall–Kier alpha value is -2.47. The zero-order chi connectivity index (χ0) is 16.4. The lowest BCUT2D eigenvalue weighted by atomic mass is 10.1. The van der Waals surface area contributed by atoms with Crippen LogP contribution in [0.25, 0.3) is 11.5 Å². The molecule has 6 nitrogen and oxygen atoms in total. The molecule has 2 aromatic heterocycles. The molecule has 0 saturated carbocycles. The summed E-state index contributed by atoms with van der Waals surface area (Å²) in [6.07, 6.45) is 0. The van der Waals surface area contributed by atoms with E-state index in [4.69, 9.17) is 8.83 Å². The molecule has 0 radical (unpaired) electrons. The summed E-state index contributed by atoms with van der Waals surface area (Å²) in [6.45, 7) is 7.01. The van der Waals surface area contributed by atoms with Crippen molar-refractivity contribution in [1.82, 2.24) is 20.1 Å². The summed E-state index contributed by atoms with van der Waals surface area (Å²) in [4.78, 5) is 6.72. The zero-order valence-corrected chi connectivity index (χ0v) is 13.8. The number of benzene rings is 1. The van der Waals surface area contributed by atoms with Crippen LogP contribution >= 0.6 is 0 Å². The lowest BCUT2D eigenvalue weighted by Gasteiger charge is -2.12. The second kappa shape index (κ2) is 6.34. The summed E-state index contributed by atoms with van der Waals surface area (Å²) < 4.78 is 11.3. The van der Waals surface area contributed by atoms with Gasteiger partial charge in [-0.25, -0.2) is 4.98 Å². The molecule has 23 heavy (non-hydrogen) atoms. The van der Waals surface area contributed by atoms with Gasteiger partial charge in [-0.2, -0.15) is 0 Å². The van der Waals surface area contributed by atoms with Crippen molar-refractivity contribution in [3.05, 3.63) is 53.1 Å². The smallest absolute Gasteiger partial charge is 0.230 e. The number of hydrogen-bond donors (Lipinski definition) is 0. The highest BCUT2D eigenvalue weighted by Crippen LogP contribution is 2.25. The van der Waals surface area contributed by atoms with E-state index in [0.29, 0.717) is 30.8 Å². The predicted octanol–water partition coefficient (Wildman–Crippen LogP) is 3.28. The van der Waals surface area contributed by atoms with Gasteiger partial charge in [-0.3, -0.25) is 4.90 Å². The third-order valence-corrected chi connectivity index (χ3v) is 3.66. The van der Waals surface area contributed by atoms with E-state index in [1.54, 1.807) is 6.92 Å². The molecule has 0 aliphatic carbocycles. The monoisotopic (exact) mass is 312 g/mol. The molecule has 120 valence electrons. The Labute approximate surface area is 135 Å². The van der Waals surface area contributed by atoms with Crippen molar-refractivity contribution in [3.63, 3.8) is 0 Å². The highest BCUT2D eigenvalue weighted by atomic mass is 16.4. The first-order valence-corrected chi connectivity index (χ1v) is 7.53. The molecule has 0 amide bonds. The van der Waals surface area contributed by atoms with Crippen LogP contribution in [0.15, 0.2) is 33.1 Å². The number of oxazole rings is 1. The fraction of sp³-hybridized carbons (Fsp3) is 0.353. The van der Waals surface area contributed by atoms with Crippen molar-refractivity contribution in [3.8, 4) is 11.5 Å². The Kier molecular flexibility index (Phi) is 4.25. The van der Waals surface area contributed by atoms with Gasteiger partial charge in [0.2, 0.25) is 17.7 Å². The van der Waals surface area contributed by atoms with E-state index in [2.05, 4.69) is 33.1 Å². The van der Waals surface area contributed by atoms with E-state index >= 15 is 0 Å². The van der Waals surface area contributed by atoms with Crippen LogP contribution in [0.4, 0.5) is 0 Å². The summed E-state index contributed by atoms with van der Waals surface area (Å²) in [7, 11) is 1.99. The van der Waals surface area contributed by atoms with Crippen molar-refractivity contribution < 1.29 is 8.83 Å². The third kappa shape index (κ3) is 3.48. The predicted molar refractivity (Wildman–Crippen MR) is 85.6 cm³/mol. The molecule has 0 spiro atoms. The van der Waals surface area contributed by atoms with E-state index in [-0.39, 0.29) is 0 Å². The summed E-state index contributed by atoms with van der Waals surface area (Å²) in [5, 5.41) is 7.85. The van der Waals surface area contributed by atoms with Crippen LogP contribution in [0.3, 0.4) is 0 Å². The highest BCUT2D eigenvalue weighted by Gasteiger charge is 2.15. The maximum absolute atomic E-state index is 5.85. The van der Waals surface area contributed by atoms with Crippen molar-refractivity contribution >= 4 is 0 Å². The summed E-state index contributed by atoms with van der Waals surface area (Å²) in [5.74, 6) is 2.67. The van der Waals surface area contributed by atoms with Gasteiger partial charge in [0.1, 0.15) is 5.76 Å². The summed E-state index contributed by atoms with van der Waals surface area (Å²) >= 11 is 0. The van der Waals surface area contributed by atoms with Gasteiger partial charge in [-0.1, -0.05) is 18.2 Å². The second-order valence-corrected chi connectivity index (χ2v) is 5.72. The topological polar surface area (TPSA) is 68.2 Å². The van der Waals surface area contributed by atoms with E-state index < -0.39 is 0 Å². The van der Waals surface area contributed by atoms with Crippen LogP contribution in [0.2, 0.25) is 0 Å².